The van der Waals surface area contributed by atoms with Crippen molar-refractivity contribution >= 4 is 0 Å². The number of ether oxygens (including phenoxy) is 2. The van der Waals surface area contributed by atoms with E-state index in [1.165, 1.54) is 22.3 Å². The van der Waals surface area contributed by atoms with Gasteiger partial charge < -0.3 is 14.8 Å². The number of nitrogens with one attached hydrogen (secondary N) is 1. The minimum Gasteiger partial charge on any atom is -0.493 e. The van der Waals surface area contributed by atoms with E-state index in [4.69, 9.17) is 9.47 Å². The summed E-state index contributed by atoms with van der Waals surface area (Å²) >= 11 is 0. The van der Waals surface area contributed by atoms with Crippen molar-refractivity contribution in [3.63, 3.8) is 0 Å². The van der Waals surface area contributed by atoms with Crippen molar-refractivity contribution in [1.29, 1.82) is 0 Å². The molecular weight excluding hydrogens is 312 g/mol. The topological polar surface area (TPSA) is 33.7 Å². The van der Waals surface area contributed by atoms with Gasteiger partial charge in [-0.25, -0.2) is 0 Å². The number of fused-ring (bicyclic) bond motifs is 1. The van der Waals surface area contributed by atoms with E-state index >= 15 is 0 Å². The van der Waals surface area contributed by atoms with E-state index in [-0.39, 0.29) is 0 Å². The van der Waals surface area contributed by atoms with Crippen LogP contribution in [0.15, 0.2) is 42.5 Å². The van der Waals surface area contributed by atoms with E-state index in [2.05, 4.69) is 52.7 Å². The Bertz CT molecular complexity index is 694. The molecule has 0 saturated carbocycles. The van der Waals surface area contributed by atoms with Gasteiger partial charge in [0, 0.05) is 39.1 Å². The summed E-state index contributed by atoms with van der Waals surface area (Å²) in [5.74, 6) is 1.06. The lowest BCUT2D eigenvalue weighted by Crippen LogP contribution is -2.35. The largest absolute Gasteiger partial charge is 0.493 e. The van der Waals surface area contributed by atoms with Crippen molar-refractivity contribution in [2.45, 2.75) is 26.1 Å². The highest BCUT2D eigenvalue weighted by atomic mass is 16.5. The second-order valence-corrected chi connectivity index (χ2v) is 6.85. The van der Waals surface area contributed by atoms with Crippen LogP contribution in [0.5, 0.6) is 5.75 Å². The Kier molecular flexibility index (Phi) is 5.31. The molecule has 0 aromatic heterocycles. The minimum atomic E-state index is 0.822. The molecule has 4 rings (SSSR count). The molecule has 0 radical (unpaired) electrons. The van der Waals surface area contributed by atoms with Crippen LogP contribution in [-0.4, -0.2) is 37.8 Å². The molecule has 0 atom stereocenters. The summed E-state index contributed by atoms with van der Waals surface area (Å²) in [4.78, 5) is 2.45. The number of morpholine rings is 1. The van der Waals surface area contributed by atoms with E-state index in [0.29, 0.717) is 0 Å². The molecule has 0 spiro atoms. The Hall–Kier alpha value is -1.88. The Balaban J connectivity index is 1.25. The second kappa shape index (κ2) is 8.00. The van der Waals surface area contributed by atoms with Gasteiger partial charge in [0.2, 0.25) is 0 Å². The summed E-state index contributed by atoms with van der Waals surface area (Å²) in [6.07, 6.45) is 1.04. The molecule has 1 saturated heterocycles. The lowest BCUT2D eigenvalue weighted by atomic mass is 10.1. The van der Waals surface area contributed by atoms with Gasteiger partial charge in [0.15, 0.2) is 0 Å². The van der Waals surface area contributed by atoms with Gasteiger partial charge in [-0.2, -0.15) is 0 Å². The third-order valence-electron chi connectivity index (χ3n) is 4.94. The second-order valence-electron chi connectivity index (χ2n) is 6.85. The maximum atomic E-state index is 5.56. The molecule has 1 fully saturated rings. The monoisotopic (exact) mass is 338 g/mol. The number of benzene rings is 2. The Morgan fingerprint density at radius 1 is 0.840 bits per heavy atom. The van der Waals surface area contributed by atoms with Crippen LogP contribution in [0.1, 0.15) is 22.3 Å². The summed E-state index contributed by atoms with van der Waals surface area (Å²) < 4.78 is 11.0. The Morgan fingerprint density at radius 2 is 1.56 bits per heavy atom. The number of hydrogen-bond donors (Lipinski definition) is 1. The van der Waals surface area contributed by atoms with Crippen LogP contribution < -0.4 is 10.1 Å². The zero-order valence-corrected chi connectivity index (χ0v) is 14.7. The molecule has 25 heavy (non-hydrogen) atoms. The number of nitrogens with zero attached hydrogens (tertiary/aromatic N) is 1. The van der Waals surface area contributed by atoms with Gasteiger partial charge in [-0.15, -0.1) is 0 Å². The molecule has 0 unspecified atom stereocenters. The number of rotatable bonds is 6. The molecule has 2 heterocycles. The Morgan fingerprint density at radius 3 is 2.40 bits per heavy atom. The standard InChI is InChI=1S/C21H26N2O2/c1-3-18(16-23-8-11-24-12-9-23)4-2-17(1)14-22-15-19-5-6-21-20(13-19)7-10-25-21/h1-6,13,22H,7-12,14-16H2. The predicted molar refractivity (Wildman–Crippen MR) is 98.7 cm³/mol. The van der Waals surface area contributed by atoms with Crippen LogP contribution in [-0.2, 0) is 30.8 Å². The zero-order chi connectivity index (χ0) is 16.9. The minimum absolute atomic E-state index is 0.822. The zero-order valence-electron chi connectivity index (χ0n) is 14.7. The van der Waals surface area contributed by atoms with E-state index in [0.717, 1.165) is 64.7 Å². The maximum absolute atomic E-state index is 5.56. The van der Waals surface area contributed by atoms with Crippen LogP contribution in [0, 0.1) is 0 Å². The molecule has 0 bridgehead atoms. The van der Waals surface area contributed by atoms with Gasteiger partial charge in [0.25, 0.3) is 0 Å². The predicted octanol–water partition coefficient (Wildman–Crippen LogP) is 2.74. The first-order valence-corrected chi connectivity index (χ1v) is 9.20. The third-order valence-corrected chi connectivity index (χ3v) is 4.94. The van der Waals surface area contributed by atoms with Crippen LogP contribution in [0.2, 0.25) is 0 Å². The maximum Gasteiger partial charge on any atom is 0.122 e. The van der Waals surface area contributed by atoms with Crippen LogP contribution in [0.25, 0.3) is 0 Å². The number of hydrogen-bond acceptors (Lipinski definition) is 4. The molecule has 2 aromatic carbocycles. The van der Waals surface area contributed by atoms with E-state index in [9.17, 15) is 0 Å². The summed E-state index contributed by atoms with van der Waals surface area (Å²) in [5.41, 5.74) is 5.37. The van der Waals surface area contributed by atoms with Gasteiger partial charge in [-0.05, 0) is 28.3 Å². The van der Waals surface area contributed by atoms with Gasteiger partial charge in [0.05, 0.1) is 19.8 Å². The van der Waals surface area contributed by atoms with E-state index in [1.54, 1.807) is 0 Å². The smallest absolute Gasteiger partial charge is 0.122 e. The van der Waals surface area contributed by atoms with Crippen molar-refractivity contribution in [2.24, 2.45) is 0 Å². The molecule has 4 nitrogen and oxygen atoms in total. The molecule has 0 amide bonds. The average molecular weight is 338 g/mol. The van der Waals surface area contributed by atoms with Crippen LogP contribution in [0.4, 0.5) is 0 Å². The van der Waals surface area contributed by atoms with Gasteiger partial charge >= 0.3 is 0 Å². The van der Waals surface area contributed by atoms with Crippen molar-refractivity contribution < 1.29 is 9.47 Å². The highest BCUT2D eigenvalue weighted by molar-refractivity contribution is 5.39. The van der Waals surface area contributed by atoms with Crippen molar-refractivity contribution in [3.8, 4) is 5.75 Å². The third kappa shape index (κ3) is 4.40. The van der Waals surface area contributed by atoms with E-state index in [1.807, 2.05) is 0 Å². The SMILES string of the molecule is c1cc(CN2CCOCC2)ccc1CNCc1ccc2c(c1)CCO2. The van der Waals surface area contributed by atoms with Gasteiger partial charge in [0.1, 0.15) is 5.75 Å². The molecule has 0 aliphatic carbocycles. The Labute approximate surface area is 149 Å². The molecule has 2 aliphatic rings. The normalized spacial score (nSPS) is 17.3. The van der Waals surface area contributed by atoms with Crippen molar-refractivity contribution in [3.05, 3.63) is 64.7 Å². The van der Waals surface area contributed by atoms with Crippen LogP contribution >= 0.6 is 0 Å². The fourth-order valence-corrected chi connectivity index (χ4v) is 3.48. The summed E-state index contributed by atoms with van der Waals surface area (Å²) in [5, 5.41) is 3.54. The van der Waals surface area contributed by atoms with Gasteiger partial charge in [-0.1, -0.05) is 36.4 Å². The first kappa shape index (κ1) is 16.6. The average Bonchev–Trinajstić information content (AvgIpc) is 3.12. The molecule has 4 heteroatoms. The highest BCUT2D eigenvalue weighted by Crippen LogP contribution is 2.25. The lowest BCUT2D eigenvalue weighted by molar-refractivity contribution is 0.0342. The van der Waals surface area contributed by atoms with Crippen LogP contribution in [0.3, 0.4) is 0 Å². The molecular formula is C21H26N2O2. The fraction of sp³-hybridized carbons (Fsp3) is 0.429. The summed E-state index contributed by atoms with van der Waals surface area (Å²) in [6, 6.07) is 15.5. The van der Waals surface area contributed by atoms with Crippen molar-refractivity contribution in [1.82, 2.24) is 10.2 Å². The molecule has 132 valence electrons. The molecule has 2 aromatic rings. The highest BCUT2D eigenvalue weighted by Gasteiger charge is 2.12. The molecule has 2 aliphatic heterocycles. The first-order chi connectivity index (χ1) is 12.4. The lowest BCUT2D eigenvalue weighted by Gasteiger charge is -2.26. The molecule has 1 N–H and O–H groups in total. The first-order valence-electron chi connectivity index (χ1n) is 9.20. The fourth-order valence-electron chi connectivity index (χ4n) is 3.48. The quantitative estimate of drug-likeness (QED) is 0.878. The summed E-state index contributed by atoms with van der Waals surface area (Å²) in [7, 11) is 0. The van der Waals surface area contributed by atoms with Gasteiger partial charge in [-0.3, -0.25) is 4.90 Å². The van der Waals surface area contributed by atoms with Crippen molar-refractivity contribution in [2.75, 3.05) is 32.9 Å². The summed E-state index contributed by atoms with van der Waals surface area (Å²) in [6.45, 7) is 7.42. The van der Waals surface area contributed by atoms with E-state index < -0.39 is 0 Å².